The predicted molar refractivity (Wildman–Crippen MR) is 123 cm³/mol. The summed E-state index contributed by atoms with van der Waals surface area (Å²) in [6, 6.07) is 7.52. The average Bonchev–Trinajstić information content (AvgIpc) is 3.49. The predicted octanol–water partition coefficient (Wildman–Crippen LogP) is 4.47. The minimum Gasteiger partial charge on any atom is -0.368 e. The molecule has 2 fully saturated rings. The molecule has 3 aromatic rings. The Kier molecular flexibility index (Phi) is 5.90. The van der Waals surface area contributed by atoms with Crippen molar-refractivity contribution >= 4 is 11.7 Å². The number of anilines is 1. The van der Waals surface area contributed by atoms with E-state index in [9.17, 15) is 18.0 Å². The monoisotopic (exact) mass is 482 g/mol. The fourth-order valence-corrected chi connectivity index (χ4v) is 4.95. The topological polar surface area (TPSA) is 83.9 Å². The molecule has 0 radical (unpaired) electrons. The van der Waals surface area contributed by atoms with Crippen LogP contribution in [0.3, 0.4) is 0 Å². The Bertz CT molecular complexity index is 1220. The first-order chi connectivity index (χ1) is 16.7. The largest absolute Gasteiger partial charge is 0.417 e. The first-order valence-corrected chi connectivity index (χ1v) is 11.6. The number of likely N-dealkylation sites (tertiary alicyclic amines) is 1. The molecule has 35 heavy (non-hydrogen) atoms. The average molecular weight is 483 g/mol. The molecule has 0 spiro atoms. The lowest BCUT2D eigenvalue weighted by atomic mass is 10.00. The van der Waals surface area contributed by atoms with Crippen molar-refractivity contribution in [3.05, 3.63) is 65.9 Å². The molecule has 7 nitrogen and oxygen atoms in total. The van der Waals surface area contributed by atoms with Crippen LogP contribution in [0.25, 0.3) is 11.4 Å². The van der Waals surface area contributed by atoms with Crippen molar-refractivity contribution in [3.63, 3.8) is 0 Å². The van der Waals surface area contributed by atoms with Crippen LogP contribution in [0.4, 0.5) is 19.0 Å². The Morgan fingerprint density at radius 2 is 1.89 bits per heavy atom. The highest BCUT2D eigenvalue weighted by molar-refractivity contribution is 5.98. The highest BCUT2D eigenvalue weighted by atomic mass is 19.4. The minimum absolute atomic E-state index is 0.148. The lowest BCUT2D eigenvalue weighted by Crippen LogP contribution is -2.48. The molecular weight excluding hydrogens is 457 g/mol. The van der Waals surface area contributed by atoms with E-state index in [1.54, 1.807) is 18.5 Å². The molecule has 10 heteroatoms. The van der Waals surface area contributed by atoms with Crippen molar-refractivity contribution in [1.29, 1.82) is 0 Å². The molecule has 1 aliphatic carbocycles. The highest BCUT2D eigenvalue weighted by Gasteiger charge is 2.53. The number of aryl methyl sites for hydroxylation is 1. The third-order valence-electron chi connectivity index (χ3n) is 7.07. The third-order valence-corrected chi connectivity index (χ3v) is 7.07. The Labute approximate surface area is 200 Å². The molecule has 5 rings (SSSR count). The van der Waals surface area contributed by atoms with Gasteiger partial charge >= 0.3 is 6.18 Å². The van der Waals surface area contributed by atoms with Crippen LogP contribution in [0.1, 0.15) is 35.1 Å². The van der Waals surface area contributed by atoms with Crippen LogP contribution in [-0.2, 0) is 6.18 Å². The van der Waals surface area contributed by atoms with Crippen molar-refractivity contribution < 1.29 is 18.0 Å². The maximum Gasteiger partial charge on any atom is 0.417 e. The van der Waals surface area contributed by atoms with E-state index in [2.05, 4.69) is 32.2 Å². The van der Waals surface area contributed by atoms with Gasteiger partial charge in [0, 0.05) is 43.4 Å². The number of halogens is 3. The molecule has 1 amide bonds. The normalized spacial score (nSPS) is 23.5. The van der Waals surface area contributed by atoms with Crippen LogP contribution in [0.15, 0.2) is 48.9 Å². The van der Waals surface area contributed by atoms with E-state index < -0.39 is 11.7 Å². The number of pyridine rings is 2. The molecule has 182 valence electrons. The lowest BCUT2D eigenvalue weighted by molar-refractivity contribution is -0.137. The van der Waals surface area contributed by atoms with Gasteiger partial charge in [0.15, 0.2) is 5.82 Å². The van der Waals surface area contributed by atoms with Gasteiger partial charge in [0.2, 0.25) is 0 Å². The van der Waals surface area contributed by atoms with Gasteiger partial charge in [0.25, 0.3) is 5.91 Å². The first-order valence-electron chi connectivity index (χ1n) is 11.6. The van der Waals surface area contributed by atoms with Crippen molar-refractivity contribution in [1.82, 2.24) is 24.8 Å². The number of nitrogens with one attached hydrogen (secondary N) is 1. The molecule has 0 unspecified atom stereocenters. The number of piperidine rings is 1. The molecule has 1 saturated carbocycles. The SMILES string of the molecule is Cc1ccc(-c2ncccn2)c(C(=O)N2C[C@@H]3[C@H](C)[C@@H]3C[C@H]2CNc2ccc(C(F)(F)F)cn2)n1. The van der Waals surface area contributed by atoms with Gasteiger partial charge in [-0.25, -0.2) is 19.9 Å². The summed E-state index contributed by atoms with van der Waals surface area (Å²) in [4.78, 5) is 32.7. The molecule has 4 atom stereocenters. The summed E-state index contributed by atoms with van der Waals surface area (Å²) < 4.78 is 38.5. The zero-order valence-electron chi connectivity index (χ0n) is 19.3. The Balaban J connectivity index is 1.39. The summed E-state index contributed by atoms with van der Waals surface area (Å²) in [5.74, 6) is 2.09. The van der Waals surface area contributed by atoms with Crippen LogP contribution in [-0.4, -0.2) is 49.9 Å². The molecule has 0 aromatic carbocycles. The van der Waals surface area contributed by atoms with Gasteiger partial charge in [-0.05, 0) is 61.4 Å². The van der Waals surface area contributed by atoms with E-state index in [0.717, 1.165) is 18.7 Å². The van der Waals surface area contributed by atoms with Gasteiger partial charge < -0.3 is 10.2 Å². The second-order valence-electron chi connectivity index (χ2n) is 9.27. The molecule has 1 saturated heterocycles. The van der Waals surface area contributed by atoms with Gasteiger partial charge in [-0.2, -0.15) is 13.2 Å². The number of nitrogens with zero attached hydrogens (tertiary/aromatic N) is 5. The Morgan fingerprint density at radius 1 is 1.11 bits per heavy atom. The van der Waals surface area contributed by atoms with Crippen molar-refractivity contribution in [3.8, 4) is 11.4 Å². The van der Waals surface area contributed by atoms with Crippen molar-refractivity contribution in [2.45, 2.75) is 32.5 Å². The molecule has 0 bridgehead atoms. The quantitative estimate of drug-likeness (QED) is 0.578. The molecule has 2 aliphatic rings. The van der Waals surface area contributed by atoms with Gasteiger partial charge in [-0.15, -0.1) is 0 Å². The van der Waals surface area contributed by atoms with E-state index in [-0.39, 0.29) is 11.9 Å². The van der Waals surface area contributed by atoms with E-state index in [4.69, 9.17) is 0 Å². The summed E-state index contributed by atoms with van der Waals surface area (Å²) in [7, 11) is 0. The maximum absolute atomic E-state index is 13.8. The number of aromatic nitrogens is 4. The van der Waals surface area contributed by atoms with Crippen LogP contribution < -0.4 is 5.32 Å². The van der Waals surface area contributed by atoms with E-state index in [0.29, 0.717) is 59.4 Å². The second-order valence-corrected chi connectivity index (χ2v) is 9.27. The number of alkyl halides is 3. The van der Waals surface area contributed by atoms with Gasteiger partial charge in [0.1, 0.15) is 11.5 Å². The standard InChI is InChI=1S/C25H25F3N6O/c1-14-4-6-18(23-29-8-3-9-30-23)22(33-14)24(35)34-13-20-15(2)19(20)10-17(34)12-32-21-7-5-16(11-31-21)25(26,27)28/h3-9,11,15,17,19-20H,10,12-13H2,1-2H3,(H,31,32)/t15-,17+,19+,20-/m1/s1. The zero-order valence-corrected chi connectivity index (χ0v) is 19.3. The van der Waals surface area contributed by atoms with Crippen molar-refractivity contribution in [2.24, 2.45) is 17.8 Å². The summed E-state index contributed by atoms with van der Waals surface area (Å²) in [6.45, 7) is 5.02. The van der Waals surface area contributed by atoms with Gasteiger partial charge in [0.05, 0.1) is 11.1 Å². The minimum atomic E-state index is -4.43. The summed E-state index contributed by atoms with van der Waals surface area (Å²) in [5.41, 5.74) is 0.795. The molecule has 1 aliphatic heterocycles. The number of hydrogen-bond donors (Lipinski definition) is 1. The van der Waals surface area contributed by atoms with E-state index in [1.807, 2.05) is 24.0 Å². The molecular formula is C25H25F3N6O. The van der Waals surface area contributed by atoms with Crippen LogP contribution >= 0.6 is 0 Å². The number of carbonyl (C=O) groups excluding carboxylic acids is 1. The fraction of sp³-hybridized carbons (Fsp3) is 0.400. The summed E-state index contributed by atoms with van der Waals surface area (Å²) in [6.07, 6.45) is 0.438. The van der Waals surface area contributed by atoms with Crippen LogP contribution in [0.2, 0.25) is 0 Å². The number of hydrogen-bond acceptors (Lipinski definition) is 6. The number of amides is 1. The lowest BCUT2D eigenvalue weighted by Gasteiger charge is -2.35. The summed E-state index contributed by atoms with van der Waals surface area (Å²) >= 11 is 0. The fourth-order valence-electron chi connectivity index (χ4n) is 4.95. The van der Waals surface area contributed by atoms with E-state index >= 15 is 0 Å². The van der Waals surface area contributed by atoms with Crippen LogP contribution in [0, 0.1) is 24.7 Å². The smallest absolute Gasteiger partial charge is 0.368 e. The Hall–Kier alpha value is -3.56. The van der Waals surface area contributed by atoms with Crippen molar-refractivity contribution in [2.75, 3.05) is 18.4 Å². The first kappa shape index (κ1) is 23.2. The zero-order chi connectivity index (χ0) is 24.7. The molecule has 4 heterocycles. The number of fused-ring (bicyclic) bond motifs is 1. The van der Waals surface area contributed by atoms with Crippen LogP contribution in [0.5, 0.6) is 0 Å². The number of carbonyl (C=O) groups is 1. The highest BCUT2D eigenvalue weighted by Crippen LogP contribution is 2.53. The second kappa shape index (κ2) is 8.90. The number of rotatable bonds is 5. The van der Waals surface area contributed by atoms with Gasteiger partial charge in [-0.1, -0.05) is 6.92 Å². The van der Waals surface area contributed by atoms with Gasteiger partial charge in [-0.3, -0.25) is 4.79 Å². The third kappa shape index (κ3) is 4.69. The summed E-state index contributed by atoms with van der Waals surface area (Å²) in [5, 5.41) is 3.12. The molecule has 3 aromatic heterocycles. The van der Waals surface area contributed by atoms with E-state index in [1.165, 1.54) is 6.07 Å². The molecule has 1 N–H and O–H groups in total. The maximum atomic E-state index is 13.8. The Morgan fingerprint density at radius 3 is 2.57 bits per heavy atom.